The second kappa shape index (κ2) is 5.02. The SMILES string of the molecule is CC(CCO)OC(C(F)(F)F)C(F)(F)F. The molecule has 0 rings (SSSR count). The van der Waals surface area contributed by atoms with Crippen LogP contribution in [0.5, 0.6) is 0 Å². The van der Waals surface area contributed by atoms with Crippen molar-refractivity contribution in [2.75, 3.05) is 6.61 Å². The maximum atomic E-state index is 11.9. The summed E-state index contributed by atoms with van der Waals surface area (Å²) in [6, 6.07) is 0. The molecular weight excluding hydrogens is 230 g/mol. The normalized spacial score (nSPS) is 15.8. The fraction of sp³-hybridized carbons (Fsp3) is 1.00. The maximum absolute atomic E-state index is 11.9. The van der Waals surface area contributed by atoms with Gasteiger partial charge in [-0.2, -0.15) is 26.3 Å². The zero-order valence-corrected chi connectivity index (χ0v) is 7.69. The number of halogens is 6. The van der Waals surface area contributed by atoms with Gasteiger partial charge in [0.1, 0.15) is 0 Å². The number of aliphatic hydroxyl groups excluding tert-OH is 1. The quantitative estimate of drug-likeness (QED) is 0.764. The van der Waals surface area contributed by atoms with Gasteiger partial charge in [-0.05, 0) is 13.3 Å². The van der Waals surface area contributed by atoms with Crippen molar-refractivity contribution < 1.29 is 36.2 Å². The molecular formula is C7H10F6O2. The molecule has 1 unspecified atom stereocenters. The average molecular weight is 240 g/mol. The Balaban J connectivity index is 4.54. The minimum absolute atomic E-state index is 0.289. The van der Waals surface area contributed by atoms with Gasteiger partial charge in [-0.15, -0.1) is 0 Å². The third kappa shape index (κ3) is 5.22. The zero-order valence-electron chi connectivity index (χ0n) is 7.69. The molecule has 0 saturated heterocycles. The van der Waals surface area contributed by atoms with E-state index in [0.717, 1.165) is 6.92 Å². The first-order valence-corrected chi connectivity index (χ1v) is 3.98. The van der Waals surface area contributed by atoms with Crippen LogP contribution in [-0.4, -0.2) is 36.3 Å². The van der Waals surface area contributed by atoms with Gasteiger partial charge in [0.05, 0.1) is 6.10 Å². The van der Waals surface area contributed by atoms with Crippen molar-refractivity contribution in [2.24, 2.45) is 0 Å². The van der Waals surface area contributed by atoms with Crippen LogP contribution in [0.15, 0.2) is 0 Å². The highest BCUT2D eigenvalue weighted by Gasteiger charge is 2.58. The molecule has 0 aromatic rings. The van der Waals surface area contributed by atoms with Gasteiger partial charge in [-0.3, -0.25) is 0 Å². The number of ether oxygens (including phenoxy) is 1. The van der Waals surface area contributed by atoms with Crippen molar-refractivity contribution in [1.29, 1.82) is 0 Å². The van der Waals surface area contributed by atoms with Gasteiger partial charge >= 0.3 is 12.4 Å². The van der Waals surface area contributed by atoms with Crippen molar-refractivity contribution in [1.82, 2.24) is 0 Å². The average Bonchev–Trinajstić information content (AvgIpc) is 1.96. The van der Waals surface area contributed by atoms with Gasteiger partial charge in [0.15, 0.2) is 0 Å². The van der Waals surface area contributed by atoms with E-state index < -0.39 is 31.2 Å². The summed E-state index contributed by atoms with van der Waals surface area (Å²) in [5.74, 6) is 0. The summed E-state index contributed by atoms with van der Waals surface area (Å²) in [6.07, 6.45) is -16.4. The van der Waals surface area contributed by atoms with E-state index in [1.54, 1.807) is 0 Å². The number of rotatable bonds is 4. The Kier molecular flexibility index (Phi) is 4.85. The summed E-state index contributed by atoms with van der Waals surface area (Å²) < 4.78 is 75.3. The molecule has 1 N–H and O–H groups in total. The van der Waals surface area contributed by atoms with Crippen LogP contribution < -0.4 is 0 Å². The van der Waals surface area contributed by atoms with Gasteiger partial charge in [0.2, 0.25) is 6.10 Å². The molecule has 92 valence electrons. The van der Waals surface area contributed by atoms with Crippen LogP contribution in [0, 0.1) is 0 Å². The molecule has 0 heterocycles. The Labute approximate surface area is 81.8 Å². The molecule has 0 aliphatic carbocycles. The van der Waals surface area contributed by atoms with Gasteiger partial charge in [-0.25, -0.2) is 0 Å². The summed E-state index contributed by atoms with van der Waals surface area (Å²) in [4.78, 5) is 0. The number of hydrogen-bond acceptors (Lipinski definition) is 2. The molecule has 2 nitrogen and oxygen atoms in total. The van der Waals surface area contributed by atoms with Crippen molar-refractivity contribution >= 4 is 0 Å². The molecule has 15 heavy (non-hydrogen) atoms. The van der Waals surface area contributed by atoms with E-state index >= 15 is 0 Å². The zero-order chi connectivity index (χ0) is 12.3. The van der Waals surface area contributed by atoms with E-state index in [4.69, 9.17) is 5.11 Å². The molecule has 8 heteroatoms. The fourth-order valence-electron chi connectivity index (χ4n) is 0.822. The van der Waals surface area contributed by atoms with Gasteiger partial charge in [0.25, 0.3) is 0 Å². The van der Waals surface area contributed by atoms with E-state index in [1.807, 2.05) is 0 Å². The second-order valence-electron chi connectivity index (χ2n) is 2.92. The first kappa shape index (κ1) is 14.5. The highest BCUT2D eigenvalue weighted by atomic mass is 19.4. The smallest absolute Gasteiger partial charge is 0.396 e. The van der Waals surface area contributed by atoms with Crippen LogP contribution in [0.25, 0.3) is 0 Å². The molecule has 1 atom stereocenters. The predicted molar refractivity (Wildman–Crippen MR) is 38.1 cm³/mol. The third-order valence-electron chi connectivity index (χ3n) is 1.50. The lowest BCUT2D eigenvalue weighted by Gasteiger charge is -2.26. The number of alkyl halides is 6. The van der Waals surface area contributed by atoms with E-state index in [1.165, 1.54) is 0 Å². The second-order valence-corrected chi connectivity index (χ2v) is 2.92. The number of aliphatic hydroxyl groups is 1. The standard InChI is InChI=1S/C7H10F6O2/c1-4(2-3-14)15-5(6(8,9)10)7(11,12)13/h4-5,14H,2-3H2,1H3. The van der Waals surface area contributed by atoms with Crippen molar-refractivity contribution in [3.63, 3.8) is 0 Å². The summed E-state index contributed by atoms with van der Waals surface area (Å²) in [5, 5.41) is 8.31. The Morgan fingerprint density at radius 1 is 1.07 bits per heavy atom. The highest BCUT2D eigenvalue weighted by molar-refractivity contribution is 4.77. The van der Waals surface area contributed by atoms with Gasteiger partial charge < -0.3 is 9.84 Å². The molecule has 0 amide bonds. The van der Waals surface area contributed by atoms with E-state index in [2.05, 4.69) is 4.74 Å². The Bertz CT molecular complexity index is 173. The van der Waals surface area contributed by atoms with Crippen LogP contribution in [0.3, 0.4) is 0 Å². The van der Waals surface area contributed by atoms with E-state index in [9.17, 15) is 26.3 Å². The van der Waals surface area contributed by atoms with Crippen molar-refractivity contribution in [2.45, 2.75) is 37.9 Å². The molecule has 0 aromatic carbocycles. The Morgan fingerprint density at radius 3 is 1.73 bits per heavy atom. The van der Waals surface area contributed by atoms with E-state index in [0.29, 0.717) is 0 Å². The highest BCUT2D eigenvalue weighted by Crippen LogP contribution is 2.36. The summed E-state index contributed by atoms with van der Waals surface area (Å²) >= 11 is 0. The largest absolute Gasteiger partial charge is 0.423 e. The van der Waals surface area contributed by atoms with Crippen LogP contribution >= 0.6 is 0 Å². The molecule has 0 aromatic heterocycles. The van der Waals surface area contributed by atoms with Crippen LogP contribution in [0.2, 0.25) is 0 Å². The first-order chi connectivity index (χ1) is 6.59. The minimum atomic E-state index is -5.50. The predicted octanol–water partition coefficient (Wildman–Crippen LogP) is 2.27. The Morgan fingerprint density at radius 2 is 1.47 bits per heavy atom. The van der Waals surface area contributed by atoms with Gasteiger partial charge in [0, 0.05) is 6.61 Å². The van der Waals surface area contributed by atoms with Crippen molar-refractivity contribution in [3.05, 3.63) is 0 Å². The molecule has 0 aliphatic heterocycles. The van der Waals surface area contributed by atoms with Crippen molar-refractivity contribution in [3.8, 4) is 0 Å². The Hall–Kier alpha value is -0.500. The van der Waals surface area contributed by atoms with E-state index in [-0.39, 0.29) is 6.42 Å². The molecule has 0 aliphatic rings. The molecule has 0 bridgehead atoms. The lowest BCUT2D eigenvalue weighted by Crippen LogP contribution is -2.46. The molecule has 0 spiro atoms. The summed E-state index contributed by atoms with van der Waals surface area (Å²) in [5.41, 5.74) is 0. The minimum Gasteiger partial charge on any atom is -0.396 e. The lowest BCUT2D eigenvalue weighted by atomic mass is 10.2. The van der Waals surface area contributed by atoms with Gasteiger partial charge in [-0.1, -0.05) is 0 Å². The fourth-order valence-corrected chi connectivity index (χ4v) is 0.822. The first-order valence-electron chi connectivity index (χ1n) is 3.98. The van der Waals surface area contributed by atoms with Crippen LogP contribution in [0.1, 0.15) is 13.3 Å². The molecule has 0 fully saturated rings. The maximum Gasteiger partial charge on any atom is 0.423 e. The molecule has 0 saturated carbocycles. The van der Waals surface area contributed by atoms with Crippen LogP contribution in [0.4, 0.5) is 26.3 Å². The lowest BCUT2D eigenvalue weighted by molar-refractivity contribution is -0.330. The summed E-state index contributed by atoms with van der Waals surface area (Å²) in [7, 11) is 0. The number of hydrogen-bond donors (Lipinski definition) is 1. The molecule has 0 radical (unpaired) electrons. The monoisotopic (exact) mass is 240 g/mol. The topological polar surface area (TPSA) is 29.5 Å². The summed E-state index contributed by atoms with van der Waals surface area (Å²) in [6.45, 7) is 0.490. The van der Waals surface area contributed by atoms with Crippen LogP contribution in [-0.2, 0) is 4.74 Å². The third-order valence-corrected chi connectivity index (χ3v) is 1.50.